The molecule has 8 nitrogen and oxygen atoms in total. The molecule has 25 heavy (non-hydrogen) atoms. The number of sulfonamides is 1. The first-order chi connectivity index (χ1) is 11.9. The average Bonchev–Trinajstić information content (AvgIpc) is 2.85. The van der Waals surface area contributed by atoms with Crippen molar-refractivity contribution in [1.29, 1.82) is 0 Å². The van der Waals surface area contributed by atoms with Gasteiger partial charge in [0.15, 0.2) is 0 Å². The van der Waals surface area contributed by atoms with E-state index < -0.39 is 27.6 Å². The van der Waals surface area contributed by atoms with Gasteiger partial charge in [0.1, 0.15) is 0 Å². The molecular weight excluding hydrogens is 346 g/mol. The van der Waals surface area contributed by atoms with Gasteiger partial charge in [0.2, 0.25) is 15.9 Å². The molecule has 1 N–H and O–H groups in total. The van der Waals surface area contributed by atoms with E-state index in [4.69, 9.17) is 4.74 Å². The predicted molar refractivity (Wildman–Crippen MR) is 90.0 cm³/mol. The van der Waals surface area contributed by atoms with Gasteiger partial charge in [-0.15, -0.1) is 0 Å². The van der Waals surface area contributed by atoms with Gasteiger partial charge in [-0.25, -0.2) is 13.4 Å². The smallest absolute Gasteiger partial charge is 0.261 e. The van der Waals surface area contributed by atoms with Gasteiger partial charge in [0, 0.05) is 12.6 Å². The molecule has 1 aliphatic rings. The first-order valence-electron chi connectivity index (χ1n) is 7.37. The van der Waals surface area contributed by atoms with E-state index >= 15 is 0 Å². The molecular formula is C16H15N3O5S. The van der Waals surface area contributed by atoms with Crippen LogP contribution in [0.4, 0.5) is 5.69 Å². The average molecular weight is 361 g/mol. The van der Waals surface area contributed by atoms with Crippen LogP contribution in [0.2, 0.25) is 0 Å². The van der Waals surface area contributed by atoms with Crippen molar-refractivity contribution in [2.45, 2.75) is 0 Å². The van der Waals surface area contributed by atoms with Gasteiger partial charge in [0.25, 0.3) is 11.8 Å². The number of imide groups is 1. The maximum atomic E-state index is 12.2. The lowest BCUT2D eigenvalue weighted by atomic mass is 10.1. The summed E-state index contributed by atoms with van der Waals surface area (Å²) in [6, 6.07) is 9.43. The maximum Gasteiger partial charge on any atom is 0.261 e. The molecule has 0 unspecified atom stereocenters. The molecule has 1 aliphatic heterocycles. The van der Waals surface area contributed by atoms with E-state index in [0.717, 1.165) is 4.90 Å². The number of amides is 2. The van der Waals surface area contributed by atoms with E-state index in [1.54, 1.807) is 24.3 Å². The van der Waals surface area contributed by atoms with Crippen LogP contribution in [0.5, 0.6) is 5.88 Å². The van der Waals surface area contributed by atoms with E-state index in [1.807, 2.05) is 0 Å². The molecule has 0 radical (unpaired) electrons. The van der Waals surface area contributed by atoms with Crippen molar-refractivity contribution in [2.75, 3.05) is 24.1 Å². The first-order valence-corrected chi connectivity index (χ1v) is 9.02. The van der Waals surface area contributed by atoms with Crippen LogP contribution in [0.15, 0.2) is 42.6 Å². The molecule has 9 heteroatoms. The van der Waals surface area contributed by atoms with E-state index in [-0.39, 0.29) is 23.4 Å². The molecule has 0 atom stereocenters. The van der Waals surface area contributed by atoms with Crippen LogP contribution in [-0.4, -0.2) is 49.5 Å². The number of benzene rings is 1. The number of methoxy groups -OCH3 is 1. The van der Waals surface area contributed by atoms with Crippen LogP contribution >= 0.6 is 0 Å². The SMILES string of the molecule is COc1ccc(NS(=O)(=O)CCN2C(=O)c3ccccc3C2=O)cn1. The zero-order chi connectivity index (χ0) is 18.0. The lowest BCUT2D eigenvalue weighted by Gasteiger charge is -2.14. The Labute approximate surface area is 144 Å². The molecule has 130 valence electrons. The summed E-state index contributed by atoms with van der Waals surface area (Å²) in [6.45, 7) is -0.231. The van der Waals surface area contributed by atoms with Crippen molar-refractivity contribution in [2.24, 2.45) is 0 Å². The molecule has 3 rings (SSSR count). The molecule has 0 fully saturated rings. The van der Waals surface area contributed by atoms with Crippen LogP contribution in [0, 0.1) is 0 Å². The van der Waals surface area contributed by atoms with Crippen LogP contribution in [0.25, 0.3) is 0 Å². The number of fused-ring (bicyclic) bond motifs is 1. The number of pyridine rings is 1. The normalized spacial score (nSPS) is 13.7. The lowest BCUT2D eigenvalue weighted by Crippen LogP contribution is -2.35. The van der Waals surface area contributed by atoms with Gasteiger partial charge >= 0.3 is 0 Å². The Morgan fingerprint density at radius 2 is 1.72 bits per heavy atom. The van der Waals surface area contributed by atoms with Crippen LogP contribution < -0.4 is 9.46 Å². The van der Waals surface area contributed by atoms with Gasteiger partial charge in [-0.3, -0.25) is 19.2 Å². The largest absolute Gasteiger partial charge is 0.481 e. The third-order valence-corrected chi connectivity index (χ3v) is 4.95. The van der Waals surface area contributed by atoms with Crippen molar-refractivity contribution < 1.29 is 22.7 Å². The molecule has 1 aromatic carbocycles. The quantitative estimate of drug-likeness (QED) is 0.773. The van der Waals surface area contributed by atoms with E-state index in [1.165, 1.54) is 25.4 Å². The fourth-order valence-electron chi connectivity index (χ4n) is 2.45. The number of nitrogens with zero attached hydrogens (tertiary/aromatic N) is 2. The minimum atomic E-state index is -3.75. The zero-order valence-electron chi connectivity index (χ0n) is 13.3. The highest BCUT2D eigenvalue weighted by molar-refractivity contribution is 7.92. The fourth-order valence-corrected chi connectivity index (χ4v) is 3.45. The Hall–Kier alpha value is -2.94. The standard InChI is InChI=1S/C16H15N3O5S/c1-24-14-7-6-11(10-17-14)18-25(22,23)9-8-19-15(20)12-4-2-3-5-13(12)16(19)21/h2-7,10,18H,8-9H2,1H3. The Bertz CT molecular complexity index is 890. The highest BCUT2D eigenvalue weighted by atomic mass is 32.2. The molecule has 0 aliphatic carbocycles. The molecule has 0 saturated heterocycles. The number of hydrogen-bond donors (Lipinski definition) is 1. The highest BCUT2D eigenvalue weighted by Crippen LogP contribution is 2.22. The molecule has 0 spiro atoms. The number of hydrogen-bond acceptors (Lipinski definition) is 6. The van der Waals surface area contributed by atoms with Crippen molar-refractivity contribution in [1.82, 2.24) is 9.88 Å². The summed E-state index contributed by atoms with van der Waals surface area (Å²) in [5.74, 6) is -1.03. The summed E-state index contributed by atoms with van der Waals surface area (Å²) in [4.78, 5) is 29.3. The summed E-state index contributed by atoms with van der Waals surface area (Å²) < 4.78 is 31.6. The van der Waals surface area contributed by atoms with Gasteiger partial charge < -0.3 is 4.74 Å². The maximum absolute atomic E-state index is 12.2. The Morgan fingerprint density at radius 3 is 2.24 bits per heavy atom. The minimum absolute atomic E-state index is 0.231. The molecule has 1 aromatic heterocycles. The summed E-state index contributed by atoms with van der Waals surface area (Å²) in [5.41, 5.74) is 0.845. The molecule has 2 amide bonds. The Kier molecular flexibility index (Phi) is 4.41. The number of carbonyl (C=O) groups is 2. The monoisotopic (exact) mass is 361 g/mol. The van der Waals surface area contributed by atoms with Crippen molar-refractivity contribution >= 4 is 27.5 Å². The van der Waals surface area contributed by atoms with E-state index in [2.05, 4.69) is 9.71 Å². The second kappa shape index (κ2) is 6.52. The number of carbonyl (C=O) groups excluding carboxylic acids is 2. The number of anilines is 1. The first kappa shape index (κ1) is 16.9. The lowest BCUT2D eigenvalue weighted by molar-refractivity contribution is 0.0664. The summed E-state index contributed by atoms with van der Waals surface area (Å²) in [6.07, 6.45) is 1.32. The van der Waals surface area contributed by atoms with Crippen LogP contribution in [-0.2, 0) is 10.0 Å². The van der Waals surface area contributed by atoms with Gasteiger partial charge in [0.05, 0.1) is 35.9 Å². The molecule has 2 heterocycles. The second-order valence-electron chi connectivity index (χ2n) is 5.32. The highest BCUT2D eigenvalue weighted by Gasteiger charge is 2.35. The fraction of sp³-hybridized carbons (Fsp3) is 0.188. The molecule has 0 saturated carbocycles. The Morgan fingerprint density at radius 1 is 1.08 bits per heavy atom. The van der Waals surface area contributed by atoms with Gasteiger partial charge in [-0.1, -0.05) is 12.1 Å². The van der Waals surface area contributed by atoms with E-state index in [0.29, 0.717) is 5.88 Å². The Balaban J connectivity index is 1.66. The van der Waals surface area contributed by atoms with E-state index in [9.17, 15) is 18.0 Å². The van der Waals surface area contributed by atoms with Crippen LogP contribution in [0.1, 0.15) is 20.7 Å². The third-order valence-electron chi connectivity index (χ3n) is 3.68. The second-order valence-corrected chi connectivity index (χ2v) is 7.16. The molecule has 2 aromatic rings. The van der Waals surface area contributed by atoms with Crippen molar-refractivity contribution in [3.63, 3.8) is 0 Å². The van der Waals surface area contributed by atoms with Crippen LogP contribution in [0.3, 0.4) is 0 Å². The summed E-state index contributed by atoms with van der Waals surface area (Å²) in [5, 5.41) is 0. The number of rotatable bonds is 6. The van der Waals surface area contributed by atoms with Gasteiger partial charge in [-0.05, 0) is 18.2 Å². The number of aromatic nitrogens is 1. The third kappa shape index (κ3) is 3.45. The zero-order valence-corrected chi connectivity index (χ0v) is 14.1. The number of ether oxygens (including phenoxy) is 1. The predicted octanol–water partition coefficient (Wildman–Crippen LogP) is 1.13. The number of nitrogens with one attached hydrogen (secondary N) is 1. The van der Waals surface area contributed by atoms with Gasteiger partial charge in [-0.2, -0.15) is 0 Å². The van der Waals surface area contributed by atoms with Crippen molar-refractivity contribution in [3.05, 3.63) is 53.7 Å². The topological polar surface area (TPSA) is 106 Å². The van der Waals surface area contributed by atoms with Crippen molar-refractivity contribution in [3.8, 4) is 5.88 Å². The minimum Gasteiger partial charge on any atom is -0.481 e. The summed E-state index contributed by atoms with van der Waals surface area (Å²) in [7, 11) is -2.30. The molecule has 0 bridgehead atoms. The summed E-state index contributed by atoms with van der Waals surface area (Å²) >= 11 is 0.